The summed E-state index contributed by atoms with van der Waals surface area (Å²) in [6, 6.07) is 11.2. The Kier molecular flexibility index (Phi) is 9.04. The van der Waals surface area contributed by atoms with Crippen LogP contribution < -0.4 is 9.47 Å². The van der Waals surface area contributed by atoms with E-state index in [2.05, 4.69) is 23.7 Å². The van der Waals surface area contributed by atoms with Crippen LogP contribution in [0.2, 0.25) is 0 Å². The molecule has 0 aliphatic heterocycles. The molecule has 7 heteroatoms. The fraction of sp³-hybridized carbons (Fsp3) is 0.410. The van der Waals surface area contributed by atoms with Crippen LogP contribution in [0.25, 0.3) is 11.1 Å². The summed E-state index contributed by atoms with van der Waals surface area (Å²) in [6.45, 7) is 3.43. The molecule has 0 radical (unpaired) electrons. The number of Topliss-reactive ketones (excluding diaryl/α,β-unsaturated/α-hetero) is 2. The van der Waals surface area contributed by atoms with Gasteiger partial charge >= 0.3 is 6.16 Å². The maximum Gasteiger partial charge on any atom is 0.508 e. The predicted octanol–water partition coefficient (Wildman–Crippen LogP) is 6.81. The molecule has 2 saturated carbocycles. The minimum absolute atomic E-state index is 0.0416. The minimum Gasteiger partial charge on any atom is -0.496 e. The van der Waals surface area contributed by atoms with Crippen molar-refractivity contribution >= 4 is 28.9 Å². The molecule has 0 aromatic heterocycles. The molecule has 2 fully saturated rings. The second-order valence-corrected chi connectivity index (χ2v) is 12.4. The van der Waals surface area contributed by atoms with E-state index in [-0.39, 0.29) is 48.5 Å². The Morgan fingerprint density at radius 3 is 1.48 bits per heavy atom. The van der Waals surface area contributed by atoms with Gasteiger partial charge in [0.1, 0.15) is 24.7 Å². The van der Waals surface area contributed by atoms with Crippen LogP contribution in [0.4, 0.5) is 4.79 Å². The average molecular weight is 619 g/mol. The quantitative estimate of drug-likeness (QED) is 0.237. The van der Waals surface area contributed by atoms with Gasteiger partial charge in [-0.1, -0.05) is 11.8 Å². The molecule has 236 valence electrons. The predicted molar refractivity (Wildman–Crippen MR) is 174 cm³/mol. The van der Waals surface area contributed by atoms with Crippen LogP contribution in [-0.4, -0.2) is 45.2 Å². The van der Waals surface area contributed by atoms with E-state index in [0.29, 0.717) is 33.8 Å². The Labute approximate surface area is 270 Å². The standard InChI is InChI=1S/C39H38O7/c1-5-7-23-9-15-29(33(17-23)43-3)35-31(25-11-13-27(19-25)37(35)40)21-45-39(42)46-22-32-26-12-14-28(20-26)38(41)36(32)30-16-10-24(8-6-2)18-34(30)44-4/h9-10,15-18,25-28H,11-14,19-22H2,1-4H3. The fourth-order valence-electron chi connectivity index (χ4n) is 7.75. The Morgan fingerprint density at radius 2 is 1.09 bits per heavy atom. The molecule has 0 heterocycles. The largest absolute Gasteiger partial charge is 0.508 e. The monoisotopic (exact) mass is 618 g/mol. The minimum atomic E-state index is -0.833. The number of ether oxygens (including phenoxy) is 4. The number of rotatable bonds is 8. The van der Waals surface area contributed by atoms with Gasteiger partial charge in [-0.25, -0.2) is 4.79 Å². The first-order valence-electron chi connectivity index (χ1n) is 15.9. The second-order valence-electron chi connectivity index (χ2n) is 12.4. The molecule has 6 rings (SSSR count). The van der Waals surface area contributed by atoms with Crippen molar-refractivity contribution in [1.29, 1.82) is 0 Å². The number of benzene rings is 2. The Morgan fingerprint density at radius 1 is 0.674 bits per heavy atom. The molecule has 0 saturated heterocycles. The summed E-state index contributed by atoms with van der Waals surface area (Å²) in [6.07, 6.45) is 4.02. The molecule has 46 heavy (non-hydrogen) atoms. The lowest BCUT2D eigenvalue weighted by Crippen LogP contribution is -2.26. The maximum atomic E-state index is 13.7. The number of carbonyl (C=O) groups is 3. The van der Waals surface area contributed by atoms with Crippen LogP contribution in [0.15, 0.2) is 47.5 Å². The first kappa shape index (κ1) is 31.2. The van der Waals surface area contributed by atoms with Gasteiger partial charge in [0.15, 0.2) is 11.6 Å². The summed E-state index contributed by atoms with van der Waals surface area (Å²) in [7, 11) is 3.15. The third kappa shape index (κ3) is 5.83. The van der Waals surface area contributed by atoms with Crippen molar-refractivity contribution in [2.75, 3.05) is 27.4 Å². The van der Waals surface area contributed by atoms with Crippen molar-refractivity contribution < 1.29 is 33.3 Å². The van der Waals surface area contributed by atoms with Crippen LogP contribution in [0, 0.1) is 47.4 Å². The fourth-order valence-corrected chi connectivity index (χ4v) is 7.75. The smallest absolute Gasteiger partial charge is 0.496 e. The number of hydrogen-bond acceptors (Lipinski definition) is 7. The van der Waals surface area contributed by atoms with Gasteiger partial charge in [0.05, 0.1) is 14.2 Å². The van der Waals surface area contributed by atoms with Gasteiger partial charge in [-0.05, 0) is 112 Å². The normalized spacial score (nSPS) is 23.0. The number of fused-ring (bicyclic) bond motifs is 4. The third-order valence-corrected chi connectivity index (χ3v) is 9.90. The summed E-state index contributed by atoms with van der Waals surface area (Å²) >= 11 is 0. The van der Waals surface area contributed by atoms with Crippen LogP contribution in [0.3, 0.4) is 0 Å². The number of allylic oxidation sites excluding steroid dienone is 2. The molecule has 2 aromatic carbocycles. The highest BCUT2D eigenvalue weighted by Crippen LogP contribution is 2.49. The van der Waals surface area contributed by atoms with Gasteiger partial charge in [0.25, 0.3) is 0 Å². The van der Waals surface area contributed by atoms with E-state index in [4.69, 9.17) is 18.9 Å². The van der Waals surface area contributed by atoms with E-state index in [1.165, 1.54) is 0 Å². The number of ketones is 2. The summed E-state index contributed by atoms with van der Waals surface area (Å²) in [5, 5.41) is 0. The molecule has 4 bridgehead atoms. The zero-order valence-corrected chi connectivity index (χ0v) is 26.8. The second kappa shape index (κ2) is 13.3. The van der Waals surface area contributed by atoms with Gasteiger partial charge in [-0.2, -0.15) is 0 Å². The summed E-state index contributed by atoms with van der Waals surface area (Å²) in [5.41, 5.74) is 5.71. The SMILES string of the molecule is CC#Cc1ccc(C2=C(COC(=O)OCC3=C(c4ccc(C#CC)cc4OC)C(=O)C4CCC3C4)C3CCC(C3)C2=O)c(OC)c1. The molecule has 4 aliphatic rings. The van der Waals surface area contributed by atoms with Crippen molar-refractivity contribution in [1.82, 2.24) is 0 Å². The molecular formula is C39H38O7. The molecule has 2 aromatic rings. The van der Waals surface area contributed by atoms with Gasteiger partial charge in [0, 0.05) is 45.2 Å². The Bertz CT molecular complexity index is 1660. The maximum absolute atomic E-state index is 13.7. The van der Waals surface area contributed by atoms with Gasteiger partial charge in [0.2, 0.25) is 0 Å². The number of hydrogen-bond donors (Lipinski definition) is 0. The molecule has 7 nitrogen and oxygen atoms in total. The lowest BCUT2D eigenvalue weighted by Gasteiger charge is -2.27. The highest BCUT2D eigenvalue weighted by molar-refractivity contribution is 6.25. The Balaban J connectivity index is 1.26. The molecule has 4 aliphatic carbocycles. The van der Waals surface area contributed by atoms with Crippen LogP contribution in [0.1, 0.15) is 74.6 Å². The Hall–Kier alpha value is -4.75. The molecule has 4 atom stereocenters. The zero-order chi connectivity index (χ0) is 32.4. The number of methoxy groups -OCH3 is 2. The van der Waals surface area contributed by atoms with E-state index < -0.39 is 6.16 Å². The van der Waals surface area contributed by atoms with E-state index in [9.17, 15) is 14.4 Å². The molecule has 0 amide bonds. The van der Waals surface area contributed by atoms with Crippen molar-refractivity contribution in [2.45, 2.75) is 52.4 Å². The summed E-state index contributed by atoms with van der Waals surface area (Å²) < 4.78 is 22.8. The lowest BCUT2D eigenvalue weighted by atomic mass is 9.79. The molecule has 4 unspecified atom stereocenters. The summed E-state index contributed by atoms with van der Waals surface area (Å²) in [5.74, 6) is 13.3. The van der Waals surface area contributed by atoms with E-state index in [0.717, 1.165) is 60.8 Å². The van der Waals surface area contributed by atoms with E-state index in [1.54, 1.807) is 28.1 Å². The highest BCUT2D eigenvalue weighted by Gasteiger charge is 2.43. The molecule has 0 N–H and O–H groups in total. The van der Waals surface area contributed by atoms with E-state index >= 15 is 0 Å². The van der Waals surface area contributed by atoms with Crippen molar-refractivity contribution in [3.8, 4) is 35.2 Å². The van der Waals surface area contributed by atoms with Gasteiger partial charge in [-0.3, -0.25) is 9.59 Å². The van der Waals surface area contributed by atoms with Crippen LogP contribution in [-0.2, 0) is 19.1 Å². The zero-order valence-electron chi connectivity index (χ0n) is 26.8. The highest BCUT2D eigenvalue weighted by atomic mass is 16.7. The van der Waals surface area contributed by atoms with Crippen molar-refractivity contribution in [2.24, 2.45) is 23.7 Å². The lowest BCUT2D eigenvalue weighted by molar-refractivity contribution is -0.118. The first-order valence-corrected chi connectivity index (χ1v) is 15.9. The third-order valence-electron chi connectivity index (χ3n) is 9.90. The summed E-state index contributed by atoms with van der Waals surface area (Å²) in [4.78, 5) is 40.5. The number of carbonyl (C=O) groups excluding carboxylic acids is 3. The first-order chi connectivity index (χ1) is 22.4. The average Bonchev–Trinajstić information content (AvgIpc) is 3.71. The van der Waals surface area contributed by atoms with Crippen molar-refractivity contribution in [3.05, 3.63) is 69.8 Å². The van der Waals surface area contributed by atoms with Gasteiger partial charge in [-0.15, -0.1) is 11.8 Å². The van der Waals surface area contributed by atoms with Crippen molar-refractivity contribution in [3.63, 3.8) is 0 Å². The van der Waals surface area contributed by atoms with Crippen LogP contribution in [0.5, 0.6) is 11.5 Å². The topological polar surface area (TPSA) is 88.1 Å². The van der Waals surface area contributed by atoms with E-state index in [1.807, 2.05) is 36.4 Å². The van der Waals surface area contributed by atoms with Crippen LogP contribution >= 0.6 is 0 Å². The molecule has 0 spiro atoms. The molecular weight excluding hydrogens is 580 g/mol. The van der Waals surface area contributed by atoms with Gasteiger partial charge < -0.3 is 18.9 Å².